The van der Waals surface area contributed by atoms with Crippen LogP contribution in [0.1, 0.15) is 20.7 Å². The van der Waals surface area contributed by atoms with Crippen LogP contribution in [-0.4, -0.2) is 46.2 Å². The molecule has 0 fully saturated rings. The average molecular weight is 456 g/mol. The molecule has 0 heterocycles. The number of methoxy groups -OCH3 is 1. The fourth-order valence-corrected chi connectivity index (χ4v) is 3.00. The van der Waals surface area contributed by atoms with Gasteiger partial charge in [-0.05, 0) is 30.3 Å². The van der Waals surface area contributed by atoms with Gasteiger partial charge in [-0.25, -0.2) is 13.2 Å². The Bertz CT molecular complexity index is 1070. The Labute approximate surface area is 177 Å². The highest BCUT2D eigenvalue weighted by Crippen LogP contribution is 2.22. The van der Waals surface area contributed by atoms with Crippen LogP contribution >= 0.6 is 11.6 Å². The number of benzene rings is 2. The molecule has 2 amide bonds. The number of anilines is 1. The first kappa shape index (κ1) is 23.0. The fraction of sp³-hybridized carbons (Fsp3) is 0.167. The number of carbonyl (C=O) groups excluding carboxylic acids is 3. The first-order valence-electron chi connectivity index (χ1n) is 8.27. The predicted octanol–water partition coefficient (Wildman–Crippen LogP) is 1.34. The summed E-state index contributed by atoms with van der Waals surface area (Å²) in [5.74, 6) is -2.21. The van der Waals surface area contributed by atoms with Crippen LogP contribution in [-0.2, 0) is 19.6 Å². The van der Waals surface area contributed by atoms with Crippen molar-refractivity contribution in [1.82, 2.24) is 10.9 Å². The first-order chi connectivity index (χ1) is 14.1. The smallest absolute Gasteiger partial charge is 0.340 e. The summed E-state index contributed by atoms with van der Waals surface area (Å²) in [6, 6.07) is 10.1. The molecule has 30 heavy (non-hydrogen) atoms. The molecule has 2 aromatic carbocycles. The molecule has 0 aromatic heterocycles. The molecular weight excluding hydrogens is 438 g/mol. The Kier molecular flexibility index (Phi) is 7.61. The van der Waals surface area contributed by atoms with Gasteiger partial charge < -0.3 is 9.47 Å². The molecule has 0 atom stereocenters. The number of hydrazine groups is 1. The van der Waals surface area contributed by atoms with E-state index in [4.69, 9.17) is 21.1 Å². The van der Waals surface area contributed by atoms with Crippen molar-refractivity contribution in [2.24, 2.45) is 0 Å². The number of para-hydroxylation sites is 1. The van der Waals surface area contributed by atoms with Gasteiger partial charge in [-0.2, -0.15) is 0 Å². The molecule has 2 rings (SSSR count). The van der Waals surface area contributed by atoms with Crippen LogP contribution in [0.15, 0.2) is 42.5 Å². The summed E-state index contributed by atoms with van der Waals surface area (Å²) in [6.07, 6.45) is 0.931. The topological polar surface area (TPSA) is 140 Å². The van der Waals surface area contributed by atoms with E-state index in [1.807, 2.05) is 0 Å². The predicted molar refractivity (Wildman–Crippen MR) is 109 cm³/mol. The molecule has 0 saturated heterocycles. The first-order valence-corrected chi connectivity index (χ1v) is 10.5. The zero-order valence-corrected chi connectivity index (χ0v) is 17.5. The van der Waals surface area contributed by atoms with Crippen LogP contribution in [0.3, 0.4) is 0 Å². The van der Waals surface area contributed by atoms with Crippen molar-refractivity contribution in [3.63, 3.8) is 0 Å². The van der Waals surface area contributed by atoms with Gasteiger partial charge in [0.2, 0.25) is 10.0 Å². The third-order valence-corrected chi connectivity index (χ3v) is 4.32. The van der Waals surface area contributed by atoms with E-state index in [-0.39, 0.29) is 22.6 Å². The summed E-state index contributed by atoms with van der Waals surface area (Å²) >= 11 is 5.85. The third-order valence-electron chi connectivity index (χ3n) is 3.50. The van der Waals surface area contributed by atoms with E-state index >= 15 is 0 Å². The average Bonchev–Trinajstić information content (AvgIpc) is 2.69. The third kappa shape index (κ3) is 6.64. The summed E-state index contributed by atoms with van der Waals surface area (Å²) in [7, 11) is -2.25. The summed E-state index contributed by atoms with van der Waals surface area (Å²) in [6.45, 7) is -0.723. The minimum Gasteiger partial charge on any atom is -0.496 e. The molecule has 10 nitrogen and oxygen atoms in total. The maximum atomic E-state index is 12.2. The lowest BCUT2D eigenvalue weighted by Crippen LogP contribution is -2.43. The zero-order chi connectivity index (χ0) is 22.3. The second-order valence-electron chi connectivity index (χ2n) is 5.84. The molecule has 0 spiro atoms. The number of amides is 2. The van der Waals surface area contributed by atoms with E-state index in [2.05, 4.69) is 15.6 Å². The lowest BCUT2D eigenvalue weighted by molar-refractivity contribution is -0.125. The van der Waals surface area contributed by atoms with Gasteiger partial charge >= 0.3 is 5.97 Å². The quantitative estimate of drug-likeness (QED) is 0.422. The van der Waals surface area contributed by atoms with Crippen molar-refractivity contribution >= 4 is 45.1 Å². The number of ether oxygens (including phenoxy) is 2. The number of sulfonamides is 1. The maximum absolute atomic E-state index is 12.2. The van der Waals surface area contributed by atoms with E-state index < -0.39 is 34.4 Å². The van der Waals surface area contributed by atoms with Crippen molar-refractivity contribution in [3.8, 4) is 5.75 Å². The van der Waals surface area contributed by atoms with Gasteiger partial charge in [-0.15, -0.1) is 0 Å². The van der Waals surface area contributed by atoms with Gasteiger partial charge in [-0.1, -0.05) is 23.7 Å². The molecule has 0 aliphatic rings. The maximum Gasteiger partial charge on any atom is 0.340 e. The van der Waals surface area contributed by atoms with Crippen molar-refractivity contribution < 1.29 is 32.3 Å². The standard InChI is InChI=1S/C18H18ClN3O7S/c1-28-15-8-7-11(19)9-13(15)17(24)21-20-16(23)10-29-18(25)12-5-3-4-6-14(12)22-30(2,26)27/h3-9,22H,10H2,1-2H3,(H,20,23)(H,21,24). The second-order valence-corrected chi connectivity index (χ2v) is 8.03. The number of halogens is 1. The van der Waals surface area contributed by atoms with E-state index in [9.17, 15) is 22.8 Å². The number of carbonyl (C=O) groups is 3. The molecule has 2 aromatic rings. The highest BCUT2D eigenvalue weighted by atomic mass is 35.5. The van der Waals surface area contributed by atoms with Crippen LogP contribution in [0.25, 0.3) is 0 Å². The lowest BCUT2D eigenvalue weighted by atomic mass is 10.2. The molecule has 0 aliphatic carbocycles. The van der Waals surface area contributed by atoms with E-state index in [1.165, 1.54) is 49.6 Å². The Hall–Kier alpha value is -3.31. The molecule has 0 aliphatic heterocycles. The molecule has 0 radical (unpaired) electrons. The number of esters is 1. The summed E-state index contributed by atoms with van der Waals surface area (Å²) < 4.78 is 34.9. The Morgan fingerprint density at radius 3 is 2.40 bits per heavy atom. The molecule has 3 N–H and O–H groups in total. The van der Waals surface area contributed by atoms with Crippen molar-refractivity contribution in [2.45, 2.75) is 0 Å². The molecule has 0 saturated carbocycles. The fourth-order valence-electron chi connectivity index (χ4n) is 2.25. The second kappa shape index (κ2) is 9.94. The number of hydrogen-bond acceptors (Lipinski definition) is 7. The van der Waals surface area contributed by atoms with Crippen LogP contribution in [0, 0.1) is 0 Å². The van der Waals surface area contributed by atoms with E-state index in [0.29, 0.717) is 5.02 Å². The number of rotatable bonds is 7. The van der Waals surface area contributed by atoms with Crippen LogP contribution in [0.2, 0.25) is 5.02 Å². The van der Waals surface area contributed by atoms with Crippen LogP contribution in [0.5, 0.6) is 5.75 Å². The van der Waals surface area contributed by atoms with E-state index in [1.54, 1.807) is 0 Å². The highest BCUT2D eigenvalue weighted by Gasteiger charge is 2.17. The Morgan fingerprint density at radius 2 is 1.73 bits per heavy atom. The summed E-state index contributed by atoms with van der Waals surface area (Å²) in [5, 5.41) is 0.294. The minimum atomic E-state index is -3.62. The summed E-state index contributed by atoms with van der Waals surface area (Å²) in [5.41, 5.74) is 4.24. The minimum absolute atomic E-state index is 0.00626. The molecule has 0 bridgehead atoms. The Morgan fingerprint density at radius 1 is 1.03 bits per heavy atom. The SMILES string of the molecule is COc1ccc(Cl)cc1C(=O)NNC(=O)COC(=O)c1ccccc1NS(C)(=O)=O. The summed E-state index contributed by atoms with van der Waals surface area (Å²) in [4.78, 5) is 36.2. The van der Waals surface area contributed by atoms with Crippen molar-refractivity contribution in [3.05, 3.63) is 58.6 Å². The van der Waals surface area contributed by atoms with E-state index in [0.717, 1.165) is 6.26 Å². The molecule has 0 unspecified atom stereocenters. The van der Waals surface area contributed by atoms with Gasteiger partial charge in [0.25, 0.3) is 11.8 Å². The number of hydrogen-bond donors (Lipinski definition) is 3. The zero-order valence-electron chi connectivity index (χ0n) is 15.9. The largest absolute Gasteiger partial charge is 0.496 e. The van der Waals surface area contributed by atoms with Gasteiger partial charge in [0.05, 0.1) is 30.2 Å². The molecule has 160 valence electrons. The highest BCUT2D eigenvalue weighted by molar-refractivity contribution is 7.92. The molecule has 12 heteroatoms. The van der Waals surface area contributed by atoms with Crippen molar-refractivity contribution in [2.75, 3.05) is 24.7 Å². The van der Waals surface area contributed by atoms with Gasteiger partial charge in [-0.3, -0.25) is 25.2 Å². The lowest BCUT2D eigenvalue weighted by Gasteiger charge is -2.12. The van der Waals surface area contributed by atoms with Crippen molar-refractivity contribution in [1.29, 1.82) is 0 Å². The number of nitrogens with one attached hydrogen (secondary N) is 3. The normalized spacial score (nSPS) is 10.6. The van der Waals surface area contributed by atoms with Gasteiger partial charge in [0.15, 0.2) is 6.61 Å². The monoisotopic (exact) mass is 455 g/mol. The van der Waals surface area contributed by atoms with Gasteiger partial charge in [0, 0.05) is 5.02 Å². The van der Waals surface area contributed by atoms with Crippen LogP contribution < -0.4 is 20.3 Å². The van der Waals surface area contributed by atoms with Gasteiger partial charge in [0.1, 0.15) is 5.75 Å². The van der Waals surface area contributed by atoms with Crippen LogP contribution in [0.4, 0.5) is 5.69 Å². The molecular formula is C18H18ClN3O7S. The Balaban J connectivity index is 1.94.